The van der Waals surface area contributed by atoms with Crippen LogP contribution in [-0.2, 0) is 32.0 Å². The second-order valence-corrected chi connectivity index (χ2v) is 14.1. The summed E-state index contributed by atoms with van der Waals surface area (Å²) in [6, 6.07) is 1.88. The van der Waals surface area contributed by atoms with E-state index in [-0.39, 0.29) is 60.2 Å². The highest BCUT2D eigenvalue weighted by Crippen LogP contribution is 2.65. The lowest BCUT2D eigenvalue weighted by Crippen LogP contribution is -2.69. The van der Waals surface area contributed by atoms with E-state index >= 15 is 0 Å². The summed E-state index contributed by atoms with van der Waals surface area (Å²) in [5.41, 5.74) is -3.81. The molecular weight excluding hydrogens is 548 g/mol. The van der Waals surface area contributed by atoms with Crippen LogP contribution >= 0.6 is 0 Å². The largest absolute Gasteiger partial charge is 0.508 e. The predicted molar refractivity (Wildman–Crippen MR) is 163 cm³/mol. The van der Waals surface area contributed by atoms with E-state index in [1.807, 2.05) is 26.8 Å². The molecule has 0 spiro atoms. The molecule has 1 unspecified atom stereocenters. The summed E-state index contributed by atoms with van der Waals surface area (Å²) >= 11 is 0. The fourth-order valence-corrected chi connectivity index (χ4v) is 8.35. The first-order chi connectivity index (χ1) is 19.9. The van der Waals surface area contributed by atoms with Crippen LogP contribution in [0.1, 0.15) is 116 Å². The summed E-state index contributed by atoms with van der Waals surface area (Å²) in [6.45, 7) is 14.1. The van der Waals surface area contributed by atoms with Gasteiger partial charge in [0.25, 0.3) is 0 Å². The summed E-state index contributed by atoms with van der Waals surface area (Å²) < 4.78 is 0. The van der Waals surface area contributed by atoms with Gasteiger partial charge in [0.1, 0.15) is 28.6 Å². The molecule has 0 saturated heterocycles. The van der Waals surface area contributed by atoms with Gasteiger partial charge in [-0.15, -0.1) is 0 Å². The molecule has 0 aromatic heterocycles. The van der Waals surface area contributed by atoms with Crippen LogP contribution < -0.4 is 0 Å². The van der Waals surface area contributed by atoms with Gasteiger partial charge in [-0.2, -0.15) is 0 Å². The van der Waals surface area contributed by atoms with E-state index in [0.29, 0.717) is 17.5 Å². The number of benzene rings is 1. The Balaban J connectivity index is 1.98. The number of aromatic hydroxyl groups is 1. The standard InChI is InChI=1S/C35H46O8/c1-9-10-11-21(37)13-12-20-14-22(17(2)3)23-15-33(7)16-34(8)26(18(4)5)29(39)24(19(6)36)31(41)35(34,43)32(42)27(33)30(40)25(23)28(20)38/h14,17-18,26,38,40-41,43H,9-13,15-16H2,1-8H3/t26?,33-,34-,35+/m1/s1. The molecule has 0 bridgehead atoms. The van der Waals surface area contributed by atoms with Crippen molar-refractivity contribution in [1.29, 1.82) is 0 Å². The van der Waals surface area contributed by atoms with E-state index in [1.165, 1.54) is 0 Å². The lowest BCUT2D eigenvalue weighted by atomic mass is 9.43. The number of phenols is 1. The molecule has 8 heteroatoms. The number of allylic oxidation sites excluding steroid dienone is 1. The van der Waals surface area contributed by atoms with Crippen LogP contribution in [0.2, 0.25) is 0 Å². The number of fused-ring (bicyclic) bond motifs is 3. The number of ketones is 4. The zero-order valence-electron chi connectivity index (χ0n) is 26.7. The summed E-state index contributed by atoms with van der Waals surface area (Å²) in [4.78, 5) is 53.2. The van der Waals surface area contributed by atoms with Crippen LogP contribution in [0.15, 0.2) is 23.0 Å². The van der Waals surface area contributed by atoms with Crippen molar-refractivity contribution in [2.75, 3.05) is 0 Å². The average Bonchev–Trinajstić information content (AvgIpc) is 2.88. The van der Waals surface area contributed by atoms with E-state index < -0.39 is 56.8 Å². The minimum atomic E-state index is -2.64. The van der Waals surface area contributed by atoms with Gasteiger partial charge < -0.3 is 20.4 Å². The SMILES string of the molecule is CCCCC(=O)CCc1cc(C(C)C)c2c(c1O)C(O)=C1C(=O)[C@@]3(O)C(O)=C(C(C)=O)C(=O)C(C(C)C)[C@@]3(C)C[C@@]1(C)C2. The average molecular weight is 595 g/mol. The Bertz CT molecular complexity index is 1480. The Kier molecular flexibility index (Phi) is 8.37. The maximum absolute atomic E-state index is 14.5. The Morgan fingerprint density at radius 3 is 2.21 bits per heavy atom. The predicted octanol–water partition coefficient (Wildman–Crippen LogP) is 6.01. The van der Waals surface area contributed by atoms with Crippen molar-refractivity contribution < 1.29 is 39.6 Å². The number of hydrogen-bond donors (Lipinski definition) is 4. The second kappa shape index (κ2) is 11.0. The van der Waals surface area contributed by atoms with Gasteiger partial charge in [-0.1, -0.05) is 61.0 Å². The summed E-state index contributed by atoms with van der Waals surface area (Å²) in [6.07, 6.45) is 2.93. The molecule has 0 amide bonds. The molecule has 4 rings (SSSR count). The number of carbonyl (C=O) groups excluding carboxylic acids is 4. The van der Waals surface area contributed by atoms with E-state index in [9.17, 15) is 39.6 Å². The highest BCUT2D eigenvalue weighted by Gasteiger charge is 2.72. The van der Waals surface area contributed by atoms with Crippen LogP contribution in [0.3, 0.4) is 0 Å². The molecule has 1 saturated carbocycles. The summed E-state index contributed by atoms with van der Waals surface area (Å²) in [5, 5.41) is 46.9. The Hall–Kier alpha value is -3.26. The third-order valence-electron chi connectivity index (χ3n) is 10.2. The zero-order valence-corrected chi connectivity index (χ0v) is 26.7. The van der Waals surface area contributed by atoms with Crippen LogP contribution in [0.25, 0.3) is 5.76 Å². The summed E-state index contributed by atoms with van der Waals surface area (Å²) in [5.74, 6) is -5.29. The molecule has 1 aromatic carbocycles. The molecule has 3 aliphatic rings. The van der Waals surface area contributed by atoms with Crippen LogP contribution in [0.5, 0.6) is 5.75 Å². The van der Waals surface area contributed by atoms with E-state index in [2.05, 4.69) is 0 Å². The molecule has 234 valence electrons. The van der Waals surface area contributed by atoms with Crippen molar-refractivity contribution >= 4 is 28.9 Å². The van der Waals surface area contributed by atoms with Gasteiger partial charge in [-0.3, -0.25) is 19.2 Å². The number of phenolic OH excluding ortho intramolecular Hbond substituents is 1. The molecule has 4 atom stereocenters. The van der Waals surface area contributed by atoms with E-state index in [1.54, 1.807) is 27.7 Å². The number of aryl methyl sites for hydroxylation is 1. The molecular formula is C35H46O8. The molecule has 1 aromatic rings. The fraction of sp³-hybridized carbons (Fsp3) is 0.600. The Morgan fingerprint density at radius 2 is 1.67 bits per heavy atom. The number of hydrogen-bond acceptors (Lipinski definition) is 8. The number of rotatable bonds is 9. The highest BCUT2D eigenvalue weighted by molar-refractivity contribution is 6.24. The third-order valence-corrected chi connectivity index (χ3v) is 10.2. The minimum absolute atomic E-state index is 0.0153. The van der Waals surface area contributed by atoms with Crippen LogP contribution in [0, 0.1) is 22.7 Å². The lowest BCUT2D eigenvalue weighted by molar-refractivity contribution is -0.178. The van der Waals surface area contributed by atoms with Crippen molar-refractivity contribution in [1.82, 2.24) is 0 Å². The monoisotopic (exact) mass is 594 g/mol. The molecule has 0 radical (unpaired) electrons. The number of carbonyl (C=O) groups is 4. The molecule has 8 nitrogen and oxygen atoms in total. The fourth-order valence-electron chi connectivity index (χ4n) is 8.35. The molecule has 4 N–H and O–H groups in total. The van der Waals surface area contributed by atoms with Gasteiger partial charge in [-0.05, 0) is 61.1 Å². The summed E-state index contributed by atoms with van der Waals surface area (Å²) in [7, 11) is 0. The van der Waals surface area contributed by atoms with Gasteiger partial charge in [0.2, 0.25) is 5.78 Å². The van der Waals surface area contributed by atoms with Gasteiger partial charge in [0.05, 0.1) is 5.56 Å². The van der Waals surface area contributed by atoms with Crippen molar-refractivity contribution in [2.45, 2.75) is 112 Å². The zero-order chi connectivity index (χ0) is 32.4. The van der Waals surface area contributed by atoms with Gasteiger partial charge in [0.15, 0.2) is 17.2 Å². The number of Topliss-reactive ketones (excluding diaryl/α,β-unsaturated/α-hetero) is 4. The van der Waals surface area contributed by atoms with Crippen LogP contribution in [-0.4, -0.2) is 49.2 Å². The molecule has 1 fully saturated rings. The number of unbranched alkanes of at least 4 members (excludes halogenated alkanes) is 1. The Labute approximate surface area is 253 Å². The minimum Gasteiger partial charge on any atom is -0.508 e. The smallest absolute Gasteiger partial charge is 0.203 e. The second-order valence-electron chi connectivity index (χ2n) is 14.1. The van der Waals surface area contributed by atoms with Gasteiger partial charge in [0, 0.05) is 35.2 Å². The third kappa shape index (κ3) is 4.68. The van der Waals surface area contributed by atoms with E-state index in [0.717, 1.165) is 25.3 Å². The maximum Gasteiger partial charge on any atom is 0.203 e. The lowest BCUT2D eigenvalue weighted by Gasteiger charge is -2.60. The first-order valence-electron chi connectivity index (χ1n) is 15.5. The van der Waals surface area contributed by atoms with Crippen molar-refractivity contribution in [2.24, 2.45) is 22.7 Å². The van der Waals surface area contributed by atoms with Crippen LogP contribution in [0.4, 0.5) is 0 Å². The van der Waals surface area contributed by atoms with Crippen molar-refractivity contribution in [3.05, 3.63) is 45.2 Å². The molecule has 0 aliphatic heterocycles. The quantitative estimate of drug-likeness (QED) is 0.254. The van der Waals surface area contributed by atoms with Crippen molar-refractivity contribution in [3.63, 3.8) is 0 Å². The highest BCUT2D eigenvalue weighted by atomic mass is 16.3. The normalized spacial score (nSPS) is 28.8. The van der Waals surface area contributed by atoms with Gasteiger partial charge >= 0.3 is 0 Å². The first kappa shape index (κ1) is 32.6. The molecule has 0 heterocycles. The topological polar surface area (TPSA) is 149 Å². The van der Waals surface area contributed by atoms with Gasteiger partial charge in [-0.25, -0.2) is 0 Å². The molecule has 3 aliphatic carbocycles. The van der Waals surface area contributed by atoms with E-state index in [4.69, 9.17) is 0 Å². The first-order valence-corrected chi connectivity index (χ1v) is 15.5. The Morgan fingerprint density at radius 1 is 1.05 bits per heavy atom. The maximum atomic E-state index is 14.5. The number of aliphatic hydroxyl groups excluding tert-OH is 2. The van der Waals surface area contributed by atoms with Crippen molar-refractivity contribution in [3.8, 4) is 5.75 Å². The molecule has 43 heavy (non-hydrogen) atoms. The number of aliphatic hydroxyl groups is 3.